The molecule has 5 heteroatoms. The fourth-order valence-electron chi connectivity index (χ4n) is 1.57. The van der Waals surface area contributed by atoms with Crippen molar-refractivity contribution >= 4 is 28.7 Å². The van der Waals surface area contributed by atoms with Crippen LogP contribution < -0.4 is 0 Å². The van der Waals surface area contributed by atoms with Crippen LogP contribution >= 0.6 is 22.9 Å². The van der Waals surface area contributed by atoms with Gasteiger partial charge < -0.3 is 9.47 Å². The van der Waals surface area contributed by atoms with Crippen molar-refractivity contribution in [3.8, 4) is 0 Å². The Balaban J connectivity index is 1.71. The molecule has 0 saturated carbocycles. The number of carbonyl (C=O) groups excluding carboxylic acids is 1. The highest BCUT2D eigenvalue weighted by molar-refractivity contribution is 7.18. The zero-order chi connectivity index (χ0) is 11.4. The van der Waals surface area contributed by atoms with Gasteiger partial charge in [-0.15, -0.1) is 11.3 Å². The van der Waals surface area contributed by atoms with Crippen molar-refractivity contribution < 1.29 is 14.3 Å². The van der Waals surface area contributed by atoms with Gasteiger partial charge in [0.05, 0.1) is 22.4 Å². The van der Waals surface area contributed by atoms with Crippen LogP contribution in [0.3, 0.4) is 0 Å². The Labute approximate surface area is 103 Å². The molecule has 0 radical (unpaired) electrons. The van der Waals surface area contributed by atoms with Gasteiger partial charge >= 0.3 is 0 Å². The summed E-state index contributed by atoms with van der Waals surface area (Å²) < 4.78 is 11.2. The summed E-state index contributed by atoms with van der Waals surface area (Å²) >= 11 is 7.04. The minimum atomic E-state index is -0.00387. The van der Waals surface area contributed by atoms with Gasteiger partial charge in [-0.2, -0.15) is 0 Å². The molecule has 2 heterocycles. The average molecular weight is 261 g/mol. The lowest BCUT2D eigenvalue weighted by molar-refractivity contribution is 0.0655. The first-order valence-corrected chi connectivity index (χ1v) is 6.39. The minimum absolute atomic E-state index is 0.00387. The maximum absolute atomic E-state index is 11.6. The molecule has 0 amide bonds. The lowest BCUT2D eigenvalue weighted by Gasteiger charge is -2.07. The first-order valence-electron chi connectivity index (χ1n) is 5.20. The lowest BCUT2D eigenvalue weighted by atomic mass is 10.1. The fourth-order valence-corrected chi connectivity index (χ4v) is 2.54. The molecular formula is C11H13ClO3S. The highest BCUT2D eigenvalue weighted by Crippen LogP contribution is 2.22. The van der Waals surface area contributed by atoms with E-state index in [2.05, 4.69) is 0 Å². The Morgan fingerprint density at radius 1 is 1.62 bits per heavy atom. The van der Waals surface area contributed by atoms with Gasteiger partial charge in [0.25, 0.3) is 0 Å². The molecule has 0 spiro atoms. The summed E-state index contributed by atoms with van der Waals surface area (Å²) in [6.07, 6.45) is 1.03. The van der Waals surface area contributed by atoms with E-state index in [1.54, 1.807) is 12.1 Å². The van der Waals surface area contributed by atoms with E-state index >= 15 is 0 Å². The summed E-state index contributed by atoms with van der Waals surface area (Å²) in [4.78, 5) is 12.3. The van der Waals surface area contributed by atoms with Crippen molar-refractivity contribution in [2.45, 2.75) is 6.42 Å². The number of Topliss-reactive ketones (excluding diaryl/α,β-unsaturated/α-hetero) is 1. The van der Waals surface area contributed by atoms with E-state index in [9.17, 15) is 4.79 Å². The Morgan fingerprint density at radius 3 is 3.12 bits per heavy atom. The SMILES string of the molecule is O=C(COCC1CCOC1)c1ccc(Cl)s1. The lowest BCUT2D eigenvalue weighted by Crippen LogP contribution is -2.14. The van der Waals surface area contributed by atoms with Gasteiger partial charge in [-0.05, 0) is 18.6 Å². The molecule has 0 aromatic carbocycles. The number of hydrogen-bond acceptors (Lipinski definition) is 4. The summed E-state index contributed by atoms with van der Waals surface area (Å²) in [6.45, 7) is 2.29. The van der Waals surface area contributed by atoms with Gasteiger partial charge in [0, 0.05) is 12.5 Å². The van der Waals surface area contributed by atoms with Crippen LogP contribution in [0, 0.1) is 5.92 Å². The van der Waals surface area contributed by atoms with E-state index in [1.807, 2.05) is 0 Å². The second kappa shape index (κ2) is 5.77. The summed E-state index contributed by atoms with van der Waals surface area (Å²) in [5.41, 5.74) is 0. The van der Waals surface area contributed by atoms with E-state index < -0.39 is 0 Å². The van der Waals surface area contributed by atoms with Crippen LogP contribution in [0.4, 0.5) is 0 Å². The largest absolute Gasteiger partial charge is 0.381 e. The van der Waals surface area contributed by atoms with Crippen LogP contribution in [0.15, 0.2) is 12.1 Å². The van der Waals surface area contributed by atoms with Crippen molar-refractivity contribution in [1.82, 2.24) is 0 Å². The quantitative estimate of drug-likeness (QED) is 0.764. The first kappa shape index (κ1) is 12.0. The van der Waals surface area contributed by atoms with Crippen molar-refractivity contribution in [1.29, 1.82) is 0 Å². The van der Waals surface area contributed by atoms with Crippen LogP contribution in [-0.4, -0.2) is 32.2 Å². The summed E-state index contributed by atoms with van der Waals surface area (Å²) in [5.74, 6) is 0.440. The number of thiophene rings is 1. The van der Waals surface area contributed by atoms with Gasteiger partial charge in [0.15, 0.2) is 5.78 Å². The van der Waals surface area contributed by atoms with Gasteiger partial charge in [-0.3, -0.25) is 4.79 Å². The second-order valence-electron chi connectivity index (χ2n) is 3.77. The van der Waals surface area contributed by atoms with E-state index in [-0.39, 0.29) is 12.4 Å². The molecule has 1 atom stereocenters. The number of ketones is 1. The molecule has 1 fully saturated rings. The van der Waals surface area contributed by atoms with Crippen LogP contribution in [0.2, 0.25) is 4.34 Å². The topological polar surface area (TPSA) is 35.5 Å². The van der Waals surface area contributed by atoms with E-state index in [1.165, 1.54) is 11.3 Å². The van der Waals surface area contributed by atoms with E-state index in [4.69, 9.17) is 21.1 Å². The Hall–Kier alpha value is -0.420. The molecule has 3 nitrogen and oxygen atoms in total. The normalized spacial score (nSPS) is 20.2. The maximum Gasteiger partial charge on any atom is 0.198 e. The highest BCUT2D eigenvalue weighted by Gasteiger charge is 2.16. The van der Waals surface area contributed by atoms with E-state index in [0.717, 1.165) is 19.6 Å². The second-order valence-corrected chi connectivity index (χ2v) is 5.49. The fraction of sp³-hybridized carbons (Fsp3) is 0.545. The molecule has 0 bridgehead atoms. The average Bonchev–Trinajstić information content (AvgIpc) is 2.89. The summed E-state index contributed by atoms with van der Waals surface area (Å²) in [7, 11) is 0. The van der Waals surface area contributed by atoms with Gasteiger partial charge in [-0.1, -0.05) is 11.6 Å². The molecule has 88 valence electrons. The van der Waals surface area contributed by atoms with Gasteiger partial charge in [-0.25, -0.2) is 0 Å². The number of halogens is 1. The predicted molar refractivity (Wildman–Crippen MR) is 63.4 cm³/mol. The zero-order valence-electron chi connectivity index (χ0n) is 8.78. The summed E-state index contributed by atoms with van der Waals surface area (Å²) in [6, 6.07) is 3.46. The zero-order valence-corrected chi connectivity index (χ0v) is 10.4. The standard InChI is InChI=1S/C11H13ClO3S/c12-11-2-1-10(16-11)9(13)7-15-6-8-3-4-14-5-8/h1-2,8H,3-7H2. The molecule has 1 unspecified atom stereocenters. The molecule has 16 heavy (non-hydrogen) atoms. The van der Waals surface area contributed by atoms with Gasteiger partial charge in [0.2, 0.25) is 0 Å². The van der Waals surface area contributed by atoms with Crippen LogP contribution in [0.25, 0.3) is 0 Å². The first-order chi connectivity index (χ1) is 7.75. The number of ether oxygens (including phenoxy) is 2. The minimum Gasteiger partial charge on any atom is -0.381 e. The Morgan fingerprint density at radius 2 is 2.50 bits per heavy atom. The molecule has 1 saturated heterocycles. The van der Waals surface area contributed by atoms with Crippen LogP contribution in [-0.2, 0) is 9.47 Å². The molecule has 1 aromatic heterocycles. The monoisotopic (exact) mass is 260 g/mol. The number of carbonyl (C=O) groups is 1. The smallest absolute Gasteiger partial charge is 0.198 e. The summed E-state index contributed by atoms with van der Waals surface area (Å²) in [5, 5.41) is 0. The molecule has 1 aliphatic heterocycles. The van der Waals surface area contributed by atoms with Crippen molar-refractivity contribution in [3.63, 3.8) is 0 Å². The molecule has 0 N–H and O–H groups in total. The highest BCUT2D eigenvalue weighted by atomic mass is 35.5. The molecule has 0 aliphatic carbocycles. The number of rotatable bonds is 5. The van der Waals surface area contributed by atoms with Crippen LogP contribution in [0.5, 0.6) is 0 Å². The molecule has 1 aromatic rings. The molecule has 1 aliphatic rings. The van der Waals surface area contributed by atoms with Crippen molar-refractivity contribution in [3.05, 3.63) is 21.3 Å². The van der Waals surface area contributed by atoms with Crippen molar-refractivity contribution in [2.24, 2.45) is 5.92 Å². The molecule has 2 rings (SSSR count). The molecular weight excluding hydrogens is 248 g/mol. The van der Waals surface area contributed by atoms with E-state index in [0.29, 0.717) is 21.7 Å². The predicted octanol–water partition coefficient (Wildman–Crippen LogP) is 2.64. The van der Waals surface area contributed by atoms with Gasteiger partial charge in [0.1, 0.15) is 6.61 Å². The third-order valence-electron chi connectivity index (χ3n) is 2.46. The third kappa shape index (κ3) is 3.28. The number of hydrogen-bond donors (Lipinski definition) is 0. The maximum atomic E-state index is 11.6. The van der Waals surface area contributed by atoms with Crippen molar-refractivity contribution in [2.75, 3.05) is 26.4 Å². The third-order valence-corrected chi connectivity index (χ3v) is 3.73. The Bertz CT molecular complexity index is 358. The van der Waals surface area contributed by atoms with Crippen LogP contribution in [0.1, 0.15) is 16.1 Å². The Kier molecular flexibility index (Phi) is 4.35.